The monoisotopic (exact) mass is 268 g/mol. The number of rotatable bonds is 2. The van der Waals surface area contributed by atoms with Crippen LogP contribution in [0.5, 0.6) is 0 Å². The Labute approximate surface area is 97.1 Å². The molecule has 0 amide bonds. The minimum Gasteiger partial charge on any atom is -0.140 e. The maximum absolute atomic E-state index is 3.52. The van der Waals surface area contributed by atoms with Gasteiger partial charge in [-0.2, -0.15) is 0 Å². The van der Waals surface area contributed by atoms with Crippen molar-refractivity contribution in [2.45, 2.75) is 25.6 Å². The van der Waals surface area contributed by atoms with Gasteiger partial charge in [-0.3, -0.25) is 0 Å². The molecule has 1 heterocycles. The molecule has 0 N–H and O–H groups in total. The zero-order valence-corrected chi connectivity index (χ0v) is 10.8. The fourth-order valence-corrected chi connectivity index (χ4v) is 3.34. The molecule has 0 saturated heterocycles. The van der Waals surface area contributed by atoms with Gasteiger partial charge in [-0.25, -0.2) is 0 Å². The van der Waals surface area contributed by atoms with E-state index in [4.69, 9.17) is 0 Å². The Hall–Kier alpha value is -0.340. The quantitative estimate of drug-likeness (QED) is 0.695. The number of alkyl halides is 1. The van der Waals surface area contributed by atoms with Crippen molar-refractivity contribution >= 4 is 37.4 Å². The van der Waals surface area contributed by atoms with Gasteiger partial charge >= 0.3 is 0 Å². The van der Waals surface area contributed by atoms with Gasteiger partial charge < -0.3 is 0 Å². The largest absolute Gasteiger partial charge is 0.140 e. The van der Waals surface area contributed by atoms with Gasteiger partial charge in [0.25, 0.3) is 0 Å². The molecule has 2 rings (SSSR count). The Kier molecular flexibility index (Phi) is 2.93. The molecule has 0 aliphatic rings. The van der Waals surface area contributed by atoms with Crippen LogP contribution in [0.1, 0.15) is 22.9 Å². The fraction of sp³-hybridized carbons (Fsp3) is 0.333. The topological polar surface area (TPSA) is 0 Å². The van der Waals surface area contributed by atoms with Gasteiger partial charge in [-0.1, -0.05) is 28.9 Å². The number of fused-ring (bicyclic) bond motifs is 1. The van der Waals surface area contributed by atoms with Gasteiger partial charge in [0.15, 0.2) is 0 Å². The molecule has 0 radical (unpaired) electrons. The molecule has 2 aromatic rings. The van der Waals surface area contributed by atoms with E-state index in [9.17, 15) is 0 Å². The Balaban J connectivity index is 2.68. The van der Waals surface area contributed by atoms with Crippen LogP contribution in [0.4, 0.5) is 0 Å². The van der Waals surface area contributed by atoms with E-state index in [2.05, 4.69) is 48.0 Å². The third kappa shape index (κ3) is 1.61. The molecule has 1 aromatic heterocycles. The predicted molar refractivity (Wildman–Crippen MR) is 68.6 cm³/mol. The number of aryl methyl sites for hydroxylation is 2. The van der Waals surface area contributed by atoms with Crippen molar-refractivity contribution in [2.24, 2.45) is 0 Å². The highest BCUT2D eigenvalue weighted by Crippen LogP contribution is 2.30. The van der Waals surface area contributed by atoms with Crippen molar-refractivity contribution in [1.82, 2.24) is 0 Å². The molecule has 0 atom stereocenters. The van der Waals surface area contributed by atoms with E-state index < -0.39 is 0 Å². The zero-order valence-electron chi connectivity index (χ0n) is 8.43. The average molecular weight is 269 g/mol. The highest BCUT2D eigenvalue weighted by atomic mass is 79.9. The van der Waals surface area contributed by atoms with Crippen LogP contribution in [0.2, 0.25) is 0 Å². The predicted octanol–water partition coefficient (Wildman–Crippen LogP) is 4.67. The lowest BCUT2D eigenvalue weighted by molar-refractivity contribution is 1.19. The average Bonchev–Trinajstić information content (AvgIpc) is 2.62. The van der Waals surface area contributed by atoms with Crippen molar-refractivity contribution < 1.29 is 0 Å². The van der Waals surface area contributed by atoms with Crippen LogP contribution >= 0.6 is 27.3 Å². The third-order valence-electron chi connectivity index (χ3n) is 2.63. The molecule has 2 heteroatoms. The molecule has 1 aromatic carbocycles. The van der Waals surface area contributed by atoms with Gasteiger partial charge in [-0.15, -0.1) is 11.3 Å². The summed E-state index contributed by atoms with van der Waals surface area (Å²) in [7, 11) is 0. The lowest BCUT2D eigenvalue weighted by Gasteiger charge is -2.02. The Morgan fingerprint density at radius 2 is 2.14 bits per heavy atom. The van der Waals surface area contributed by atoms with Gasteiger partial charge in [0.1, 0.15) is 0 Å². The summed E-state index contributed by atoms with van der Waals surface area (Å²) < 4.78 is 1.42. The van der Waals surface area contributed by atoms with Gasteiger partial charge in [0.05, 0.1) is 0 Å². The van der Waals surface area contributed by atoms with E-state index in [1.807, 2.05) is 11.3 Å². The number of hydrogen-bond acceptors (Lipinski definition) is 1. The van der Waals surface area contributed by atoms with Crippen LogP contribution in [0, 0.1) is 6.92 Å². The molecule has 0 nitrogen and oxygen atoms in total. The van der Waals surface area contributed by atoms with E-state index in [0.717, 1.165) is 11.8 Å². The second-order valence-corrected chi connectivity index (χ2v) is 5.19. The van der Waals surface area contributed by atoms with Crippen LogP contribution in [0.15, 0.2) is 18.2 Å². The summed E-state index contributed by atoms with van der Waals surface area (Å²) in [5, 5.41) is 2.38. The molecule has 0 unspecified atom stereocenters. The lowest BCUT2D eigenvalue weighted by atomic mass is 10.1. The summed E-state index contributed by atoms with van der Waals surface area (Å²) in [5.41, 5.74) is 2.83. The van der Waals surface area contributed by atoms with Crippen LogP contribution in [0.25, 0.3) is 10.1 Å². The Morgan fingerprint density at radius 1 is 1.36 bits per heavy atom. The van der Waals surface area contributed by atoms with Gasteiger partial charge in [-0.05, 0) is 42.0 Å². The van der Waals surface area contributed by atoms with Crippen molar-refractivity contribution in [3.8, 4) is 0 Å². The van der Waals surface area contributed by atoms with Crippen LogP contribution < -0.4 is 0 Å². The molecule has 0 saturated carbocycles. The lowest BCUT2D eigenvalue weighted by Crippen LogP contribution is -1.83. The first-order valence-corrected chi connectivity index (χ1v) is 6.77. The SMILES string of the molecule is CCc1cc2c(C)c(CBr)ccc2s1. The first-order chi connectivity index (χ1) is 6.76. The Morgan fingerprint density at radius 3 is 2.79 bits per heavy atom. The highest BCUT2D eigenvalue weighted by molar-refractivity contribution is 9.08. The summed E-state index contributed by atoms with van der Waals surface area (Å²) >= 11 is 5.44. The second-order valence-electron chi connectivity index (χ2n) is 3.46. The first-order valence-electron chi connectivity index (χ1n) is 4.83. The molecule has 14 heavy (non-hydrogen) atoms. The molecule has 74 valence electrons. The smallest absolute Gasteiger partial charge is 0.0348 e. The fourth-order valence-electron chi connectivity index (χ4n) is 1.67. The van der Waals surface area contributed by atoms with Crippen molar-refractivity contribution in [1.29, 1.82) is 0 Å². The molecule has 0 spiro atoms. The van der Waals surface area contributed by atoms with Gasteiger partial charge in [0.2, 0.25) is 0 Å². The number of halogens is 1. The molecular weight excluding hydrogens is 256 g/mol. The van der Waals surface area contributed by atoms with E-state index in [1.165, 1.54) is 26.1 Å². The zero-order chi connectivity index (χ0) is 10.1. The summed E-state index contributed by atoms with van der Waals surface area (Å²) in [6.07, 6.45) is 1.14. The Bertz CT molecular complexity index is 457. The van der Waals surface area contributed by atoms with E-state index >= 15 is 0 Å². The molecule has 0 aliphatic carbocycles. The van der Waals surface area contributed by atoms with Crippen LogP contribution in [-0.2, 0) is 11.8 Å². The molecule has 0 fully saturated rings. The molecule has 0 bridgehead atoms. The van der Waals surface area contributed by atoms with Crippen molar-refractivity contribution in [2.75, 3.05) is 0 Å². The van der Waals surface area contributed by atoms with E-state index in [-0.39, 0.29) is 0 Å². The minimum atomic E-state index is 0.950. The highest BCUT2D eigenvalue weighted by Gasteiger charge is 2.05. The maximum atomic E-state index is 3.52. The molecular formula is C12H13BrS. The number of benzene rings is 1. The van der Waals surface area contributed by atoms with Crippen molar-refractivity contribution in [3.63, 3.8) is 0 Å². The van der Waals surface area contributed by atoms with Crippen LogP contribution in [0.3, 0.4) is 0 Å². The normalized spacial score (nSPS) is 11.1. The maximum Gasteiger partial charge on any atom is 0.0348 e. The number of thiophene rings is 1. The summed E-state index contributed by atoms with van der Waals surface area (Å²) in [5.74, 6) is 0. The van der Waals surface area contributed by atoms with Crippen LogP contribution in [-0.4, -0.2) is 0 Å². The van der Waals surface area contributed by atoms with E-state index in [0.29, 0.717) is 0 Å². The van der Waals surface area contributed by atoms with Crippen molar-refractivity contribution in [3.05, 3.63) is 34.2 Å². The van der Waals surface area contributed by atoms with Gasteiger partial charge in [0, 0.05) is 14.9 Å². The first kappa shape index (κ1) is 10.2. The summed E-state index contributed by atoms with van der Waals surface area (Å²) in [4.78, 5) is 1.48. The van der Waals surface area contributed by atoms with E-state index in [1.54, 1.807) is 0 Å². The summed E-state index contributed by atoms with van der Waals surface area (Å²) in [6, 6.07) is 6.80. The minimum absolute atomic E-state index is 0.950. The second kappa shape index (κ2) is 4.03. The molecule has 0 aliphatic heterocycles. The summed E-state index contributed by atoms with van der Waals surface area (Å²) in [6.45, 7) is 4.43. The number of hydrogen-bond donors (Lipinski definition) is 0. The third-order valence-corrected chi connectivity index (χ3v) is 4.47. The standard InChI is InChI=1S/C12H13BrS/c1-3-10-6-11-8(2)9(7-13)4-5-12(11)14-10/h4-6H,3,7H2,1-2H3.